The van der Waals surface area contributed by atoms with Gasteiger partial charge in [0.2, 0.25) is 5.88 Å². The zero-order chi connectivity index (χ0) is 20.2. The molecule has 1 saturated heterocycles. The Morgan fingerprint density at radius 1 is 1.41 bits per heavy atom. The predicted octanol–water partition coefficient (Wildman–Crippen LogP) is 3.66. The first kappa shape index (κ1) is 19.3. The van der Waals surface area contributed by atoms with Gasteiger partial charge in [0.25, 0.3) is 0 Å². The zero-order valence-electron chi connectivity index (χ0n) is 15.3. The Morgan fingerprint density at radius 2 is 2.31 bits per heavy atom. The summed E-state index contributed by atoms with van der Waals surface area (Å²) in [7, 11) is 0. The summed E-state index contributed by atoms with van der Waals surface area (Å²) in [6, 6.07) is 7.19. The highest BCUT2D eigenvalue weighted by molar-refractivity contribution is 6.30. The Balaban J connectivity index is 1.50. The van der Waals surface area contributed by atoms with Gasteiger partial charge in [0.1, 0.15) is 29.7 Å². The Bertz CT molecular complexity index is 1000. The number of halogens is 2. The van der Waals surface area contributed by atoms with Crippen LogP contribution in [0.25, 0.3) is 10.9 Å². The third-order valence-corrected chi connectivity index (χ3v) is 4.60. The van der Waals surface area contributed by atoms with Gasteiger partial charge in [0, 0.05) is 17.3 Å². The number of carbonyl (C=O) groups excluding carboxylic acids is 1. The van der Waals surface area contributed by atoms with Crippen LogP contribution in [0.2, 0.25) is 5.15 Å². The molecule has 0 saturated carbocycles. The van der Waals surface area contributed by atoms with Crippen molar-refractivity contribution < 1.29 is 23.1 Å². The van der Waals surface area contributed by atoms with Crippen LogP contribution < -0.4 is 10.1 Å². The summed E-state index contributed by atoms with van der Waals surface area (Å²) in [5.41, 5.74) is 1.23. The molecule has 8 nitrogen and oxygen atoms in total. The maximum Gasteiger partial charge on any atom is 0.410 e. The van der Waals surface area contributed by atoms with Crippen LogP contribution in [0.15, 0.2) is 41.1 Å². The van der Waals surface area contributed by atoms with Gasteiger partial charge in [-0.3, -0.25) is 0 Å². The van der Waals surface area contributed by atoms with E-state index >= 15 is 0 Å². The molecular formula is C19H18ClFN4O4. The number of nitrogens with zero attached hydrogens (tertiary/aromatic N) is 3. The molecule has 0 aliphatic carbocycles. The van der Waals surface area contributed by atoms with E-state index in [1.54, 1.807) is 24.6 Å². The number of rotatable bonds is 8. The molecule has 0 bridgehead atoms. The Labute approximate surface area is 170 Å². The van der Waals surface area contributed by atoms with Crippen molar-refractivity contribution in [3.63, 3.8) is 0 Å². The van der Waals surface area contributed by atoms with E-state index in [1.807, 2.05) is 12.1 Å². The molecular weight excluding hydrogens is 403 g/mol. The molecule has 1 unspecified atom stereocenters. The van der Waals surface area contributed by atoms with E-state index in [2.05, 4.69) is 15.3 Å². The smallest absolute Gasteiger partial charge is 0.410 e. The molecule has 0 radical (unpaired) electrons. The van der Waals surface area contributed by atoms with Gasteiger partial charge >= 0.3 is 6.09 Å². The summed E-state index contributed by atoms with van der Waals surface area (Å²) in [5, 5.41) is 4.32. The number of cyclic esters (lactones) is 1. The molecule has 1 atom stereocenters. The van der Waals surface area contributed by atoms with Crippen molar-refractivity contribution in [2.45, 2.75) is 12.6 Å². The number of hydrogen-bond donors (Lipinski definition) is 1. The molecule has 3 aromatic rings. The summed E-state index contributed by atoms with van der Waals surface area (Å²) in [6.07, 6.45) is 2.14. The van der Waals surface area contributed by atoms with Gasteiger partial charge in [-0.25, -0.2) is 19.2 Å². The molecule has 1 amide bonds. The number of fused-ring (bicyclic) bond motifs is 1. The molecule has 10 heteroatoms. The molecule has 1 N–H and O–H groups in total. The lowest BCUT2D eigenvalue weighted by atomic mass is 10.2. The molecule has 152 valence electrons. The van der Waals surface area contributed by atoms with Crippen molar-refractivity contribution in [3.05, 3.63) is 47.6 Å². The number of carbonyl (C=O) groups is 1. The monoisotopic (exact) mass is 420 g/mol. The maximum atomic E-state index is 12.5. The predicted molar refractivity (Wildman–Crippen MR) is 104 cm³/mol. The average molecular weight is 421 g/mol. The number of amides is 1. The lowest BCUT2D eigenvalue weighted by Gasteiger charge is -2.14. The van der Waals surface area contributed by atoms with Crippen molar-refractivity contribution >= 4 is 34.3 Å². The summed E-state index contributed by atoms with van der Waals surface area (Å²) in [6.45, 7) is 0.193. The van der Waals surface area contributed by atoms with Gasteiger partial charge in [0.15, 0.2) is 6.10 Å². The second-order valence-corrected chi connectivity index (χ2v) is 6.78. The van der Waals surface area contributed by atoms with Gasteiger partial charge in [-0.2, -0.15) is 0 Å². The molecule has 29 heavy (non-hydrogen) atoms. The van der Waals surface area contributed by atoms with E-state index in [9.17, 15) is 9.18 Å². The van der Waals surface area contributed by atoms with Crippen LogP contribution in [0.3, 0.4) is 0 Å². The molecule has 4 heterocycles. The van der Waals surface area contributed by atoms with E-state index in [4.69, 9.17) is 25.5 Å². The molecule has 4 rings (SSSR count). The number of anilines is 1. The molecule has 1 aliphatic rings. The van der Waals surface area contributed by atoms with Gasteiger partial charge in [-0.1, -0.05) is 11.6 Å². The fraction of sp³-hybridized carbons (Fsp3) is 0.316. The Morgan fingerprint density at radius 3 is 3.10 bits per heavy atom. The Hall–Kier alpha value is -3.07. The quantitative estimate of drug-likeness (QED) is 0.556. The van der Waals surface area contributed by atoms with Gasteiger partial charge in [-0.05, 0) is 24.3 Å². The fourth-order valence-electron chi connectivity index (χ4n) is 3.06. The first-order valence-corrected chi connectivity index (χ1v) is 9.37. The number of pyridine rings is 2. The van der Waals surface area contributed by atoms with Crippen molar-refractivity contribution in [1.82, 2.24) is 14.9 Å². The number of alkyl halides is 1. The lowest BCUT2D eigenvalue weighted by molar-refractivity contribution is 0.101. The Kier molecular flexibility index (Phi) is 5.66. The first-order valence-electron chi connectivity index (χ1n) is 9.00. The van der Waals surface area contributed by atoms with Gasteiger partial charge in [0.05, 0.1) is 25.9 Å². The minimum absolute atomic E-state index is 0.00368. The molecule has 1 aliphatic heterocycles. The van der Waals surface area contributed by atoms with Gasteiger partial charge in [-0.15, -0.1) is 0 Å². The van der Waals surface area contributed by atoms with E-state index in [0.29, 0.717) is 12.1 Å². The summed E-state index contributed by atoms with van der Waals surface area (Å²) in [5.74, 6) is 1.04. The third-order valence-electron chi connectivity index (χ3n) is 4.41. The third kappa shape index (κ3) is 4.34. The first-order chi connectivity index (χ1) is 14.1. The second kappa shape index (κ2) is 8.52. The average Bonchev–Trinajstić information content (AvgIpc) is 3.35. The normalized spacial score (nSPS) is 16.3. The fourth-order valence-corrected chi connectivity index (χ4v) is 3.26. The largest absolute Gasteiger partial charge is 0.472 e. The SMILES string of the molecule is O=C1OC(COc2nccc3c(NCc4ccco4)cc(Cl)nc23)CN1CCF. The van der Waals surface area contributed by atoms with Crippen LogP contribution in [0, 0.1) is 0 Å². The minimum atomic E-state index is -0.621. The number of nitrogens with one attached hydrogen (secondary N) is 1. The van der Waals surface area contributed by atoms with Crippen LogP contribution in [-0.2, 0) is 11.3 Å². The van der Waals surface area contributed by atoms with Crippen molar-refractivity contribution in [2.75, 3.05) is 31.7 Å². The van der Waals surface area contributed by atoms with E-state index < -0.39 is 18.9 Å². The van der Waals surface area contributed by atoms with E-state index in [1.165, 1.54) is 4.90 Å². The maximum absolute atomic E-state index is 12.5. The van der Waals surface area contributed by atoms with Crippen LogP contribution in [-0.4, -0.2) is 53.4 Å². The van der Waals surface area contributed by atoms with E-state index in [-0.39, 0.29) is 30.7 Å². The van der Waals surface area contributed by atoms with Crippen LogP contribution in [0.1, 0.15) is 5.76 Å². The number of ether oxygens (including phenoxy) is 2. The van der Waals surface area contributed by atoms with Crippen molar-refractivity contribution in [2.24, 2.45) is 0 Å². The molecule has 1 fully saturated rings. The highest BCUT2D eigenvalue weighted by Crippen LogP contribution is 2.30. The lowest BCUT2D eigenvalue weighted by Crippen LogP contribution is -2.28. The van der Waals surface area contributed by atoms with Crippen molar-refractivity contribution in [3.8, 4) is 5.88 Å². The zero-order valence-corrected chi connectivity index (χ0v) is 16.1. The van der Waals surface area contributed by atoms with Crippen molar-refractivity contribution in [1.29, 1.82) is 0 Å². The standard InChI is InChI=1S/C19H18ClFN4O4/c20-16-8-15(23-9-12-2-1-7-27-12)14-3-5-22-18(17(14)24-16)28-11-13-10-25(6-4-21)19(26)29-13/h1-3,5,7-8,13H,4,6,9-11H2,(H,23,24). The highest BCUT2D eigenvalue weighted by atomic mass is 35.5. The summed E-state index contributed by atoms with van der Waals surface area (Å²) >= 11 is 6.19. The number of furan rings is 1. The van der Waals surface area contributed by atoms with Crippen LogP contribution in [0.5, 0.6) is 5.88 Å². The molecule has 0 aromatic carbocycles. The highest BCUT2D eigenvalue weighted by Gasteiger charge is 2.31. The summed E-state index contributed by atoms with van der Waals surface area (Å²) < 4.78 is 28.8. The minimum Gasteiger partial charge on any atom is -0.472 e. The van der Waals surface area contributed by atoms with Crippen LogP contribution in [0.4, 0.5) is 14.9 Å². The summed E-state index contributed by atoms with van der Waals surface area (Å²) in [4.78, 5) is 21.5. The molecule has 0 spiro atoms. The second-order valence-electron chi connectivity index (χ2n) is 6.39. The number of hydrogen-bond acceptors (Lipinski definition) is 7. The van der Waals surface area contributed by atoms with Gasteiger partial charge < -0.3 is 24.1 Å². The van der Waals surface area contributed by atoms with E-state index in [0.717, 1.165) is 16.8 Å². The topological polar surface area (TPSA) is 89.7 Å². The number of aromatic nitrogens is 2. The molecule has 3 aromatic heterocycles. The van der Waals surface area contributed by atoms with Crippen LogP contribution >= 0.6 is 11.6 Å².